The van der Waals surface area contributed by atoms with Gasteiger partial charge in [0.05, 0.1) is 11.3 Å². The topological polar surface area (TPSA) is 74.2 Å². The van der Waals surface area contributed by atoms with E-state index in [-0.39, 0.29) is 17.4 Å². The van der Waals surface area contributed by atoms with E-state index in [9.17, 15) is 0 Å². The predicted octanol–water partition coefficient (Wildman–Crippen LogP) is 2.36. The Labute approximate surface area is 123 Å². The summed E-state index contributed by atoms with van der Waals surface area (Å²) in [5.41, 5.74) is 7.17. The SMILES string of the molecule is CC1(c2nc(C3COc4ccccc43)no2)CCCC1N. The van der Waals surface area contributed by atoms with Crippen molar-refractivity contribution in [1.82, 2.24) is 10.1 Å². The molecule has 5 nitrogen and oxygen atoms in total. The van der Waals surface area contributed by atoms with Crippen molar-refractivity contribution in [3.8, 4) is 5.75 Å². The van der Waals surface area contributed by atoms with Gasteiger partial charge in [0.15, 0.2) is 5.82 Å². The monoisotopic (exact) mass is 285 g/mol. The second-order valence-corrected chi connectivity index (χ2v) is 6.28. The van der Waals surface area contributed by atoms with E-state index in [1.165, 1.54) is 0 Å². The molecule has 0 spiro atoms. The highest BCUT2D eigenvalue weighted by Crippen LogP contribution is 2.41. The Bertz CT molecular complexity index is 669. The maximum atomic E-state index is 6.23. The third-order valence-electron chi connectivity index (χ3n) is 4.97. The summed E-state index contributed by atoms with van der Waals surface area (Å²) in [5.74, 6) is 2.35. The Morgan fingerprint density at radius 3 is 3.00 bits per heavy atom. The molecule has 1 saturated carbocycles. The van der Waals surface area contributed by atoms with E-state index in [2.05, 4.69) is 23.1 Å². The first-order chi connectivity index (χ1) is 10.2. The predicted molar refractivity (Wildman–Crippen MR) is 77.3 cm³/mol. The molecule has 1 aromatic carbocycles. The van der Waals surface area contributed by atoms with Crippen molar-refractivity contribution in [3.05, 3.63) is 41.5 Å². The molecular weight excluding hydrogens is 266 g/mol. The lowest BCUT2D eigenvalue weighted by atomic mass is 9.85. The van der Waals surface area contributed by atoms with Crippen molar-refractivity contribution < 1.29 is 9.26 Å². The summed E-state index contributed by atoms with van der Waals surface area (Å²) in [6, 6.07) is 8.12. The summed E-state index contributed by atoms with van der Waals surface area (Å²) in [6.07, 6.45) is 3.14. The molecule has 1 aliphatic carbocycles. The molecule has 1 aliphatic heterocycles. The van der Waals surface area contributed by atoms with E-state index < -0.39 is 0 Å². The van der Waals surface area contributed by atoms with Crippen LogP contribution in [0.15, 0.2) is 28.8 Å². The Morgan fingerprint density at radius 1 is 1.33 bits per heavy atom. The van der Waals surface area contributed by atoms with Gasteiger partial charge < -0.3 is 15.0 Å². The minimum Gasteiger partial charge on any atom is -0.492 e. The highest BCUT2D eigenvalue weighted by molar-refractivity contribution is 5.42. The first kappa shape index (κ1) is 12.8. The van der Waals surface area contributed by atoms with Gasteiger partial charge >= 0.3 is 0 Å². The van der Waals surface area contributed by atoms with Crippen LogP contribution in [0.3, 0.4) is 0 Å². The van der Waals surface area contributed by atoms with Crippen molar-refractivity contribution >= 4 is 0 Å². The summed E-state index contributed by atoms with van der Waals surface area (Å²) in [5, 5.41) is 4.20. The van der Waals surface area contributed by atoms with Crippen molar-refractivity contribution in [2.24, 2.45) is 5.73 Å². The lowest BCUT2D eigenvalue weighted by Crippen LogP contribution is -2.38. The fraction of sp³-hybridized carbons (Fsp3) is 0.500. The third kappa shape index (κ3) is 1.87. The molecule has 2 aromatic rings. The van der Waals surface area contributed by atoms with E-state index >= 15 is 0 Å². The summed E-state index contributed by atoms with van der Waals surface area (Å²) in [6.45, 7) is 2.70. The van der Waals surface area contributed by atoms with Gasteiger partial charge in [-0.15, -0.1) is 0 Å². The maximum Gasteiger partial charge on any atom is 0.234 e. The van der Waals surface area contributed by atoms with Crippen LogP contribution in [-0.4, -0.2) is 22.8 Å². The molecule has 21 heavy (non-hydrogen) atoms. The molecule has 0 saturated heterocycles. The zero-order valence-electron chi connectivity index (χ0n) is 12.1. The number of rotatable bonds is 2. The van der Waals surface area contributed by atoms with Crippen LogP contribution >= 0.6 is 0 Å². The average Bonchev–Trinajstić information content (AvgIpc) is 3.19. The highest BCUT2D eigenvalue weighted by Gasteiger charge is 2.43. The second kappa shape index (κ2) is 4.56. The lowest BCUT2D eigenvalue weighted by molar-refractivity contribution is 0.275. The number of para-hydroxylation sites is 1. The number of fused-ring (bicyclic) bond motifs is 1. The number of ether oxygens (including phenoxy) is 1. The number of aromatic nitrogens is 2. The van der Waals surface area contributed by atoms with Crippen molar-refractivity contribution in [1.29, 1.82) is 0 Å². The Hall–Kier alpha value is -1.88. The molecule has 3 unspecified atom stereocenters. The van der Waals surface area contributed by atoms with Crippen molar-refractivity contribution in [3.63, 3.8) is 0 Å². The van der Waals surface area contributed by atoms with Crippen LogP contribution in [0.1, 0.15) is 49.4 Å². The molecule has 0 bridgehead atoms. The van der Waals surface area contributed by atoms with E-state index in [0.29, 0.717) is 18.3 Å². The van der Waals surface area contributed by atoms with Crippen molar-refractivity contribution in [2.45, 2.75) is 43.6 Å². The summed E-state index contributed by atoms with van der Waals surface area (Å²) < 4.78 is 11.3. The van der Waals surface area contributed by atoms with Crippen LogP contribution in [0.2, 0.25) is 0 Å². The highest BCUT2D eigenvalue weighted by atomic mass is 16.5. The smallest absolute Gasteiger partial charge is 0.234 e. The molecule has 5 heteroatoms. The van der Waals surface area contributed by atoms with Gasteiger partial charge in [-0.05, 0) is 25.8 Å². The minimum atomic E-state index is -0.190. The van der Waals surface area contributed by atoms with E-state index in [1.807, 2.05) is 18.2 Å². The zero-order chi connectivity index (χ0) is 14.4. The molecule has 3 atom stereocenters. The molecule has 0 radical (unpaired) electrons. The van der Waals surface area contributed by atoms with E-state index in [1.54, 1.807) is 0 Å². The molecule has 110 valence electrons. The molecule has 0 amide bonds. The summed E-state index contributed by atoms with van der Waals surface area (Å²) in [7, 11) is 0. The maximum absolute atomic E-state index is 6.23. The Balaban J connectivity index is 1.67. The molecular formula is C16H19N3O2. The molecule has 2 N–H and O–H groups in total. The fourth-order valence-electron chi connectivity index (χ4n) is 3.44. The normalized spacial score (nSPS) is 31.1. The molecule has 1 aromatic heterocycles. The number of nitrogens with two attached hydrogens (primary N) is 1. The van der Waals surface area contributed by atoms with Crippen LogP contribution in [0, 0.1) is 0 Å². The third-order valence-corrected chi connectivity index (χ3v) is 4.97. The van der Waals surface area contributed by atoms with Gasteiger partial charge in [0.25, 0.3) is 0 Å². The number of nitrogens with zero attached hydrogens (tertiary/aromatic N) is 2. The minimum absolute atomic E-state index is 0.0555. The van der Waals surface area contributed by atoms with Gasteiger partial charge in [0.2, 0.25) is 5.89 Å². The van der Waals surface area contributed by atoms with Gasteiger partial charge in [0, 0.05) is 11.6 Å². The lowest BCUT2D eigenvalue weighted by Gasteiger charge is -2.23. The molecule has 1 fully saturated rings. The van der Waals surface area contributed by atoms with Crippen LogP contribution in [0.5, 0.6) is 5.75 Å². The van der Waals surface area contributed by atoms with Crippen LogP contribution < -0.4 is 10.5 Å². The second-order valence-electron chi connectivity index (χ2n) is 6.28. The largest absolute Gasteiger partial charge is 0.492 e. The first-order valence-corrected chi connectivity index (χ1v) is 7.50. The quantitative estimate of drug-likeness (QED) is 0.917. The van der Waals surface area contributed by atoms with Gasteiger partial charge in [-0.25, -0.2) is 0 Å². The average molecular weight is 285 g/mol. The van der Waals surface area contributed by atoms with E-state index in [4.69, 9.17) is 15.0 Å². The fourth-order valence-corrected chi connectivity index (χ4v) is 3.44. The molecule has 4 rings (SSSR count). The number of hydrogen-bond acceptors (Lipinski definition) is 5. The zero-order valence-corrected chi connectivity index (χ0v) is 12.1. The number of benzene rings is 1. The van der Waals surface area contributed by atoms with Crippen LogP contribution in [-0.2, 0) is 5.41 Å². The van der Waals surface area contributed by atoms with Gasteiger partial charge in [0.1, 0.15) is 12.4 Å². The van der Waals surface area contributed by atoms with Gasteiger partial charge in [-0.2, -0.15) is 4.98 Å². The van der Waals surface area contributed by atoms with E-state index in [0.717, 1.165) is 30.6 Å². The number of hydrogen-bond donors (Lipinski definition) is 1. The Morgan fingerprint density at radius 2 is 2.19 bits per heavy atom. The van der Waals surface area contributed by atoms with Gasteiger partial charge in [-0.1, -0.05) is 29.8 Å². The Kier molecular flexibility index (Phi) is 2.79. The van der Waals surface area contributed by atoms with Gasteiger partial charge in [-0.3, -0.25) is 0 Å². The molecule has 2 heterocycles. The standard InChI is InChI=1S/C16H19N3O2/c1-16(8-4-7-13(16)17)15-18-14(19-21-15)11-9-20-12-6-3-2-5-10(11)12/h2-3,5-6,11,13H,4,7-9,17H2,1H3. The van der Waals surface area contributed by atoms with Crippen LogP contribution in [0.4, 0.5) is 0 Å². The summed E-state index contributed by atoms with van der Waals surface area (Å²) in [4.78, 5) is 4.66. The summed E-state index contributed by atoms with van der Waals surface area (Å²) >= 11 is 0. The van der Waals surface area contributed by atoms with Crippen molar-refractivity contribution in [2.75, 3.05) is 6.61 Å². The first-order valence-electron chi connectivity index (χ1n) is 7.50. The van der Waals surface area contributed by atoms with Crippen LogP contribution in [0.25, 0.3) is 0 Å². The molecule has 2 aliphatic rings.